The van der Waals surface area contributed by atoms with E-state index in [2.05, 4.69) is 50.8 Å². The van der Waals surface area contributed by atoms with Gasteiger partial charge in [-0.3, -0.25) is 4.79 Å². The molecule has 1 aromatic rings. The third-order valence-corrected chi connectivity index (χ3v) is 5.58. The molecule has 1 unspecified atom stereocenters. The molecular weight excluding hydrogens is 356 g/mol. The number of carbonyl (C=O) groups is 1. The molecular formula is C18H25BrN2O2. The number of nitrogens with one attached hydrogen (secondary N) is 2. The van der Waals surface area contributed by atoms with Crippen molar-refractivity contribution in [1.82, 2.24) is 10.6 Å². The van der Waals surface area contributed by atoms with Gasteiger partial charge < -0.3 is 15.4 Å². The lowest BCUT2D eigenvalue weighted by Crippen LogP contribution is -2.53. The highest BCUT2D eigenvalue weighted by Crippen LogP contribution is 2.39. The van der Waals surface area contributed by atoms with Crippen molar-refractivity contribution in [2.45, 2.75) is 43.6 Å². The standard InChI is InChI=1S/C18H25BrN2O2/c19-15-6-4-5-14(11-15)18(7-2-1-3-8-18)13-21-17(22)16-12-23-10-9-20-16/h4-6,11,16,20H,1-3,7-10,12-13H2,(H,21,22). The van der Waals surface area contributed by atoms with Gasteiger partial charge in [0.1, 0.15) is 6.04 Å². The maximum Gasteiger partial charge on any atom is 0.239 e. The van der Waals surface area contributed by atoms with Crippen molar-refractivity contribution in [3.8, 4) is 0 Å². The first-order valence-corrected chi connectivity index (χ1v) is 9.34. The van der Waals surface area contributed by atoms with Gasteiger partial charge in [0.05, 0.1) is 13.2 Å². The second-order valence-corrected chi connectivity index (χ2v) is 7.57. The third kappa shape index (κ3) is 4.14. The summed E-state index contributed by atoms with van der Waals surface area (Å²) in [4.78, 5) is 12.4. The minimum absolute atomic E-state index is 0.0599. The van der Waals surface area contributed by atoms with E-state index in [-0.39, 0.29) is 17.4 Å². The van der Waals surface area contributed by atoms with E-state index in [0.717, 1.165) is 23.9 Å². The molecule has 2 fully saturated rings. The molecule has 126 valence electrons. The second kappa shape index (κ2) is 7.77. The summed E-state index contributed by atoms with van der Waals surface area (Å²) in [7, 11) is 0. The van der Waals surface area contributed by atoms with Gasteiger partial charge in [-0.15, -0.1) is 0 Å². The minimum atomic E-state index is -0.216. The number of ether oxygens (including phenoxy) is 1. The van der Waals surface area contributed by atoms with Crippen molar-refractivity contribution >= 4 is 21.8 Å². The van der Waals surface area contributed by atoms with Crippen LogP contribution in [0.25, 0.3) is 0 Å². The van der Waals surface area contributed by atoms with Crippen molar-refractivity contribution < 1.29 is 9.53 Å². The molecule has 1 aromatic carbocycles. The van der Waals surface area contributed by atoms with Gasteiger partial charge in [0, 0.05) is 23.0 Å². The monoisotopic (exact) mass is 380 g/mol. The molecule has 1 amide bonds. The maximum atomic E-state index is 12.4. The topological polar surface area (TPSA) is 50.4 Å². The smallest absolute Gasteiger partial charge is 0.239 e. The molecule has 2 N–H and O–H groups in total. The highest BCUT2D eigenvalue weighted by Gasteiger charge is 2.35. The van der Waals surface area contributed by atoms with Crippen LogP contribution in [0.2, 0.25) is 0 Å². The minimum Gasteiger partial charge on any atom is -0.378 e. The number of halogens is 1. The first-order valence-electron chi connectivity index (χ1n) is 8.55. The van der Waals surface area contributed by atoms with E-state index in [1.54, 1.807) is 0 Å². The first-order chi connectivity index (χ1) is 11.2. The Labute approximate surface area is 146 Å². The van der Waals surface area contributed by atoms with Crippen LogP contribution in [-0.4, -0.2) is 38.3 Å². The van der Waals surface area contributed by atoms with E-state index in [9.17, 15) is 4.79 Å². The van der Waals surface area contributed by atoms with Crippen LogP contribution in [0.5, 0.6) is 0 Å². The zero-order chi connectivity index (χ0) is 16.1. The third-order valence-electron chi connectivity index (χ3n) is 5.09. The molecule has 3 rings (SSSR count). The van der Waals surface area contributed by atoms with Gasteiger partial charge in [0.15, 0.2) is 0 Å². The molecule has 1 saturated carbocycles. The summed E-state index contributed by atoms with van der Waals surface area (Å²) in [5, 5.41) is 6.41. The molecule has 5 heteroatoms. The molecule has 1 atom stereocenters. The fourth-order valence-electron chi connectivity index (χ4n) is 3.73. The Morgan fingerprint density at radius 1 is 1.35 bits per heavy atom. The Kier molecular flexibility index (Phi) is 5.72. The van der Waals surface area contributed by atoms with E-state index < -0.39 is 0 Å². The fraction of sp³-hybridized carbons (Fsp3) is 0.611. The molecule has 0 radical (unpaired) electrons. The summed E-state index contributed by atoms with van der Waals surface area (Å²) in [5.41, 5.74) is 1.40. The molecule has 4 nitrogen and oxygen atoms in total. The van der Waals surface area contributed by atoms with Crippen LogP contribution in [-0.2, 0) is 14.9 Å². The highest BCUT2D eigenvalue weighted by atomic mass is 79.9. The van der Waals surface area contributed by atoms with Crippen LogP contribution in [0.4, 0.5) is 0 Å². The van der Waals surface area contributed by atoms with Crippen LogP contribution in [0.3, 0.4) is 0 Å². The average molecular weight is 381 g/mol. The van der Waals surface area contributed by atoms with Gasteiger partial charge in [0.2, 0.25) is 5.91 Å². The van der Waals surface area contributed by atoms with E-state index in [1.165, 1.54) is 24.8 Å². The molecule has 1 aliphatic heterocycles. The summed E-state index contributed by atoms with van der Waals surface area (Å²) in [6.45, 7) is 2.61. The van der Waals surface area contributed by atoms with Crippen molar-refractivity contribution in [3.05, 3.63) is 34.3 Å². The SMILES string of the molecule is O=C(NCC1(c2cccc(Br)c2)CCCCC1)C1COCCN1. The number of carbonyl (C=O) groups excluding carboxylic acids is 1. The predicted molar refractivity (Wildman–Crippen MR) is 94.5 cm³/mol. The van der Waals surface area contributed by atoms with Crippen molar-refractivity contribution in [2.75, 3.05) is 26.3 Å². The average Bonchev–Trinajstić information content (AvgIpc) is 2.61. The lowest BCUT2D eigenvalue weighted by molar-refractivity contribution is -0.126. The largest absolute Gasteiger partial charge is 0.378 e. The Balaban J connectivity index is 1.70. The summed E-state index contributed by atoms with van der Waals surface area (Å²) in [6, 6.07) is 8.34. The Morgan fingerprint density at radius 2 is 2.17 bits per heavy atom. The lowest BCUT2D eigenvalue weighted by atomic mass is 9.69. The number of benzene rings is 1. The first kappa shape index (κ1) is 16.9. The zero-order valence-corrected chi connectivity index (χ0v) is 15.0. The molecule has 1 heterocycles. The van der Waals surface area contributed by atoms with E-state index in [0.29, 0.717) is 19.8 Å². The number of hydrogen-bond donors (Lipinski definition) is 2. The highest BCUT2D eigenvalue weighted by molar-refractivity contribution is 9.10. The summed E-state index contributed by atoms with van der Waals surface area (Å²) in [5.74, 6) is 0.0599. The van der Waals surface area contributed by atoms with Gasteiger partial charge in [-0.1, -0.05) is 47.3 Å². The Bertz CT molecular complexity index is 538. The van der Waals surface area contributed by atoms with Crippen molar-refractivity contribution in [2.24, 2.45) is 0 Å². The van der Waals surface area contributed by atoms with Crippen LogP contribution in [0.15, 0.2) is 28.7 Å². The molecule has 23 heavy (non-hydrogen) atoms. The summed E-state index contributed by atoms with van der Waals surface area (Å²) < 4.78 is 6.50. The van der Waals surface area contributed by atoms with E-state index in [4.69, 9.17) is 4.74 Å². The number of rotatable bonds is 4. The van der Waals surface area contributed by atoms with Crippen molar-refractivity contribution in [3.63, 3.8) is 0 Å². The molecule has 0 bridgehead atoms. The summed E-state index contributed by atoms with van der Waals surface area (Å²) >= 11 is 3.58. The van der Waals surface area contributed by atoms with E-state index in [1.807, 2.05) is 0 Å². The van der Waals surface area contributed by atoms with Gasteiger partial charge in [0.25, 0.3) is 0 Å². The van der Waals surface area contributed by atoms with Crippen LogP contribution >= 0.6 is 15.9 Å². The molecule has 1 saturated heterocycles. The molecule has 1 aliphatic carbocycles. The van der Waals surface area contributed by atoms with Crippen LogP contribution in [0.1, 0.15) is 37.7 Å². The van der Waals surface area contributed by atoms with Gasteiger partial charge in [-0.2, -0.15) is 0 Å². The summed E-state index contributed by atoms with van der Waals surface area (Å²) in [6.07, 6.45) is 6.03. The molecule has 2 aliphatic rings. The number of morpholine rings is 1. The van der Waals surface area contributed by atoms with Crippen LogP contribution in [0, 0.1) is 0 Å². The van der Waals surface area contributed by atoms with Crippen LogP contribution < -0.4 is 10.6 Å². The van der Waals surface area contributed by atoms with Gasteiger partial charge in [-0.05, 0) is 30.5 Å². The fourth-order valence-corrected chi connectivity index (χ4v) is 4.13. The quantitative estimate of drug-likeness (QED) is 0.844. The normalized spacial score (nSPS) is 24.1. The Morgan fingerprint density at radius 3 is 2.87 bits per heavy atom. The zero-order valence-electron chi connectivity index (χ0n) is 13.4. The second-order valence-electron chi connectivity index (χ2n) is 6.65. The lowest BCUT2D eigenvalue weighted by Gasteiger charge is -2.38. The predicted octanol–water partition coefficient (Wildman–Crippen LogP) is 2.76. The molecule has 0 aromatic heterocycles. The number of hydrogen-bond acceptors (Lipinski definition) is 3. The number of amides is 1. The van der Waals surface area contributed by atoms with E-state index >= 15 is 0 Å². The van der Waals surface area contributed by atoms with Crippen molar-refractivity contribution in [1.29, 1.82) is 0 Å². The maximum absolute atomic E-state index is 12.4. The van der Waals surface area contributed by atoms with Gasteiger partial charge >= 0.3 is 0 Å². The van der Waals surface area contributed by atoms with Gasteiger partial charge in [-0.25, -0.2) is 0 Å². The Hall–Kier alpha value is -0.910. The molecule has 0 spiro atoms.